The van der Waals surface area contributed by atoms with E-state index < -0.39 is 0 Å². The Morgan fingerprint density at radius 2 is 2.16 bits per heavy atom. The van der Waals surface area contributed by atoms with Gasteiger partial charge in [0.25, 0.3) is 0 Å². The van der Waals surface area contributed by atoms with Crippen molar-refractivity contribution in [2.24, 2.45) is 4.99 Å². The number of aliphatic imine (C=N–C) groups is 1. The molecule has 2 heterocycles. The summed E-state index contributed by atoms with van der Waals surface area (Å²) in [7, 11) is 0. The minimum absolute atomic E-state index is 0.767. The molecule has 0 atom stereocenters. The van der Waals surface area contributed by atoms with E-state index in [4.69, 9.17) is 0 Å². The number of aromatic nitrogens is 3. The lowest BCUT2D eigenvalue weighted by Crippen LogP contribution is -2.40. The number of guanidine groups is 1. The molecular weight excluding hydrogens is 240 g/mol. The average molecular weight is 256 g/mol. The molecular formula is C13H16N6. The zero-order valence-corrected chi connectivity index (χ0v) is 10.6. The van der Waals surface area contributed by atoms with Crippen LogP contribution in [0.4, 0.5) is 0 Å². The topological polar surface area (TPSA) is 67.1 Å². The fourth-order valence-corrected chi connectivity index (χ4v) is 1.94. The number of hydrogen-bond acceptors (Lipinski definition) is 5. The van der Waals surface area contributed by atoms with Crippen molar-refractivity contribution in [2.75, 3.05) is 13.1 Å². The van der Waals surface area contributed by atoms with Crippen molar-refractivity contribution in [1.29, 1.82) is 0 Å². The summed E-state index contributed by atoms with van der Waals surface area (Å²) in [6.45, 7) is 2.67. The number of benzene rings is 1. The summed E-state index contributed by atoms with van der Waals surface area (Å²) in [6, 6.07) is 8.21. The lowest BCUT2D eigenvalue weighted by atomic mass is 10.2. The monoisotopic (exact) mass is 256 g/mol. The molecule has 2 N–H and O–H groups in total. The third kappa shape index (κ3) is 2.90. The Hall–Kier alpha value is -2.37. The molecule has 0 radical (unpaired) electrons. The van der Waals surface area contributed by atoms with Crippen LogP contribution in [0.15, 0.2) is 41.9 Å². The second kappa shape index (κ2) is 5.51. The summed E-state index contributed by atoms with van der Waals surface area (Å²) in [4.78, 5) is 8.31. The van der Waals surface area contributed by atoms with Crippen LogP contribution in [0.1, 0.15) is 12.0 Å². The molecule has 0 aliphatic carbocycles. The van der Waals surface area contributed by atoms with Crippen molar-refractivity contribution in [3.8, 4) is 5.69 Å². The minimum Gasteiger partial charge on any atom is -0.356 e. The Bertz CT molecular complexity index is 543. The third-order valence-electron chi connectivity index (χ3n) is 2.98. The molecule has 6 nitrogen and oxygen atoms in total. The van der Waals surface area contributed by atoms with E-state index in [-0.39, 0.29) is 0 Å². The maximum atomic E-state index is 4.37. The van der Waals surface area contributed by atoms with Crippen molar-refractivity contribution in [2.45, 2.75) is 13.0 Å². The molecule has 1 aromatic carbocycles. The van der Waals surface area contributed by atoms with Gasteiger partial charge in [0, 0.05) is 19.6 Å². The van der Waals surface area contributed by atoms with Gasteiger partial charge in [0.15, 0.2) is 5.96 Å². The Balaban J connectivity index is 1.61. The van der Waals surface area contributed by atoms with E-state index in [0.29, 0.717) is 0 Å². The van der Waals surface area contributed by atoms with Gasteiger partial charge in [-0.25, -0.2) is 9.67 Å². The quantitative estimate of drug-likeness (QED) is 0.848. The Labute approximate surface area is 111 Å². The molecule has 19 heavy (non-hydrogen) atoms. The SMILES string of the molecule is c1ncn(-c2ccc(CNC3=NCCCN3)cc2)n1. The van der Waals surface area contributed by atoms with Gasteiger partial charge in [-0.1, -0.05) is 12.1 Å². The van der Waals surface area contributed by atoms with Gasteiger partial charge in [0.05, 0.1) is 5.69 Å². The maximum absolute atomic E-state index is 4.37. The van der Waals surface area contributed by atoms with Crippen LogP contribution in [0.25, 0.3) is 5.69 Å². The van der Waals surface area contributed by atoms with Crippen LogP contribution in [0.2, 0.25) is 0 Å². The average Bonchev–Trinajstić information content (AvgIpc) is 3.01. The van der Waals surface area contributed by atoms with E-state index in [1.165, 1.54) is 11.9 Å². The van der Waals surface area contributed by atoms with Gasteiger partial charge in [0.2, 0.25) is 0 Å². The summed E-state index contributed by atoms with van der Waals surface area (Å²) in [5.41, 5.74) is 2.22. The van der Waals surface area contributed by atoms with Crippen molar-refractivity contribution in [1.82, 2.24) is 25.4 Å². The fraction of sp³-hybridized carbons (Fsp3) is 0.308. The molecule has 0 bridgehead atoms. The molecule has 98 valence electrons. The van der Waals surface area contributed by atoms with Crippen LogP contribution >= 0.6 is 0 Å². The van der Waals surface area contributed by atoms with Crippen LogP contribution in [0.5, 0.6) is 0 Å². The molecule has 1 aromatic heterocycles. The molecule has 0 saturated carbocycles. The zero-order valence-electron chi connectivity index (χ0n) is 10.6. The summed E-state index contributed by atoms with van der Waals surface area (Å²) in [5.74, 6) is 0.895. The molecule has 2 aromatic rings. The van der Waals surface area contributed by atoms with E-state index in [2.05, 4.69) is 37.8 Å². The van der Waals surface area contributed by atoms with Crippen LogP contribution < -0.4 is 10.6 Å². The second-order valence-corrected chi connectivity index (χ2v) is 4.37. The molecule has 6 heteroatoms. The largest absolute Gasteiger partial charge is 0.356 e. The normalized spacial score (nSPS) is 14.6. The Kier molecular flexibility index (Phi) is 3.40. The maximum Gasteiger partial charge on any atom is 0.191 e. The highest BCUT2D eigenvalue weighted by molar-refractivity contribution is 5.80. The Morgan fingerprint density at radius 3 is 2.84 bits per heavy atom. The lowest BCUT2D eigenvalue weighted by Gasteiger charge is -2.16. The first kappa shape index (κ1) is 11.7. The van der Waals surface area contributed by atoms with Gasteiger partial charge < -0.3 is 10.6 Å². The lowest BCUT2D eigenvalue weighted by molar-refractivity contribution is 0.702. The molecule has 1 aliphatic rings. The molecule has 1 aliphatic heterocycles. The van der Waals surface area contributed by atoms with Gasteiger partial charge in [-0.05, 0) is 24.1 Å². The molecule has 0 saturated heterocycles. The number of nitrogens with zero attached hydrogens (tertiary/aromatic N) is 4. The summed E-state index contributed by atoms with van der Waals surface area (Å²) in [6.07, 6.45) is 4.33. The van der Waals surface area contributed by atoms with Gasteiger partial charge >= 0.3 is 0 Å². The van der Waals surface area contributed by atoms with Crippen molar-refractivity contribution >= 4 is 5.96 Å². The van der Waals surface area contributed by atoms with Gasteiger partial charge in [-0.3, -0.25) is 4.99 Å². The van der Waals surface area contributed by atoms with E-state index in [9.17, 15) is 0 Å². The van der Waals surface area contributed by atoms with E-state index in [1.54, 1.807) is 11.0 Å². The third-order valence-corrected chi connectivity index (χ3v) is 2.98. The smallest absolute Gasteiger partial charge is 0.191 e. The second-order valence-electron chi connectivity index (χ2n) is 4.37. The number of nitrogens with one attached hydrogen (secondary N) is 2. The Morgan fingerprint density at radius 1 is 1.26 bits per heavy atom. The fourth-order valence-electron chi connectivity index (χ4n) is 1.94. The van der Waals surface area contributed by atoms with Gasteiger partial charge in [-0.2, -0.15) is 5.10 Å². The summed E-state index contributed by atoms with van der Waals surface area (Å²) >= 11 is 0. The van der Waals surface area contributed by atoms with Crippen LogP contribution in [-0.2, 0) is 6.54 Å². The van der Waals surface area contributed by atoms with Crippen molar-refractivity contribution in [3.05, 3.63) is 42.5 Å². The van der Waals surface area contributed by atoms with Crippen LogP contribution in [-0.4, -0.2) is 33.8 Å². The summed E-state index contributed by atoms with van der Waals surface area (Å²) in [5, 5.41) is 10.6. The van der Waals surface area contributed by atoms with Crippen molar-refractivity contribution in [3.63, 3.8) is 0 Å². The molecule has 0 unspecified atom stereocenters. The molecule has 0 amide bonds. The highest BCUT2D eigenvalue weighted by Gasteiger charge is 2.03. The first-order valence-corrected chi connectivity index (χ1v) is 6.38. The van der Waals surface area contributed by atoms with E-state index >= 15 is 0 Å². The van der Waals surface area contributed by atoms with Gasteiger partial charge in [-0.15, -0.1) is 0 Å². The predicted octanol–water partition coefficient (Wildman–Crippen LogP) is 0.706. The van der Waals surface area contributed by atoms with Gasteiger partial charge in [0.1, 0.15) is 12.7 Å². The predicted molar refractivity (Wildman–Crippen MR) is 73.1 cm³/mol. The number of hydrogen-bond donors (Lipinski definition) is 2. The molecule has 0 fully saturated rings. The zero-order chi connectivity index (χ0) is 12.9. The van der Waals surface area contributed by atoms with Crippen LogP contribution in [0, 0.1) is 0 Å². The van der Waals surface area contributed by atoms with E-state index in [0.717, 1.165) is 37.7 Å². The van der Waals surface area contributed by atoms with Crippen molar-refractivity contribution < 1.29 is 0 Å². The van der Waals surface area contributed by atoms with Crippen LogP contribution in [0.3, 0.4) is 0 Å². The first-order valence-electron chi connectivity index (χ1n) is 6.38. The number of rotatable bonds is 3. The minimum atomic E-state index is 0.767. The molecule has 3 rings (SSSR count). The van der Waals surface area contributed by atoms with E-state index in [1.807, 2.05) is 12.1 Å². The highest BCUT2D eigenvalue weighted by atomic mass is 15.3. The standard InChI is InChI=1S/C13H16N6/c1-6-15-13(16-7-1)17-8-11-2-4-12(5-3-11)19-10-14-9-18-19/h2-5,9-10H,1,6-8H2,(H2,15,16,17). The molecule has 0 spiro atoms. The first-order chi connectivity index (χ1) is 9.42. The highest BCUT2D eigenvalue weighted by Crippen LogP contribution is 2.07. The summed E-state index contributed by atoms with van der Waals surface area (Å²) < 4.78 is 1.74.